The molecule has 1 aliphatic heterocycles. The van der Waals surface area contributed by atoms with E-state index in [1.165, 1.54) is 11.1 Å². The van der Waals surface area contributed by atoms with Crippen LogP contribution in [-0.4, -0.2) is 0 Å². The zero-order valence-electron chi connectivity index (χ0n) is 9.72. The van der Waals surface area contributed by atoms with Gasteiger partial charge < -0.3 is 0 Å². The van der Waals surface area contributed by atoms with Crippen LogP contribution < -0.4 is 0 Å². The van der Waals surface area contributed by atoms with Gasteiger partial charge in [0.2, 0.25) is 0 Å². The first kappa shape index (κ1) is 14.5. The van der Waals surface area contributed by atoms with Gasteiger partial charge in [0, 0.05) is 0 Å². The SMILES string of the molecule is c1ccc(C2(c3ccccc3)SSSSSS2)cc1. The summed E-state index contributed by atoms with van der Waals surface area (Å²) in [5.41, 5.74) is 2.72. The highest BCUT2D eigenvalue weighted by Gasteiger charge is 2.38. The van der Waals surface area contributed by atoms with Crippen molar-refractivity contribution >= 4 is 60.9 Å². The van der Waals surface area contributed by atoms with Crippen LogP contribution in [0.1, 0.15) is 11.1 Å². The molecule has 0 radical (unpaired) electrons. The van der Waals surface area contributed by atoms with Gasteiger partial charge in [-0.3, -0.25) is 0 Å². The third-order valence-corrected chi connectivity index (χ3v) is 15.2. The van der Waals surface area contributed by atoms with Crippen molar-refractivity contribution in [1.82, 2.24) is 0 Å². The summed E-state index contributed by atoms with van der Waals surface area (Å²) >= 11 is 0. The molecule has 1 fully saturated rings. The molecule has 19 heavy (non-hydrogen) atoms. The van der Waals surface area contributed by atoms with Gasteiger partial charge in [-0.15, -0.1) is 0 Å². The van der Waals surface area contributed by atoms with E-state index in [-0.39, 0.29) is 4.08 Å². The van der Waals surface area contributed by atoms with Crippen molar-refractivity contribution < 1.29 is 0 Å². The Morgan fingerprint density at radius 3 is 1.37 bits per heavy atom. The van der Waals surface area contributed by atoms with Gasteiger partial charge in [-0.2, -0.15) is 0 Å². The second-order valence-corrected chi connectivity index (χ2v) is 13.7. The molecule has 0 N–H and O–H groups in total. The van der Waals surface area contributed by atoms with Crippen LogP contribution in [0, 0.1) is 0 Å². The molecule has 1 heterocycles. The molecule has 3 rings (SSSR count). The molecule has 98 valence electrons. The summed E-state index contributed by atoms with van der Waals surface area (Å²) in [5.74, 6) is 0. The van der Waals surface area contributed by atoms with Gasteiger partial charge in [-0.05, 0) is 50.4 Å². The molecule has 0 nitrogen and oxygen atoms in total. The van der Waals surface area contributed by atoms with Gasteiger partial charge in [0.25, 0.3) is 0 Å². The summed E-state index contributed by atoms with van der Waals surface area (Å²) in [4.78, 5) is 0. The lowest BCUT2D eigenvalue weighted by Gasteiger charge is -2.30. The molecule has 2 aromatic carbocycles. The first-order valence-corrected chi connectivity index (χ1v) is 13.0. The third-order valence-electron chi connectivity index (χ3n) is 2.69. The molecular formula is C13H10S6. The first-order valence-electron chi connectivity index (χ1n) is 5.56. The smallest absolute Gasteiger partial charge is 0.0622 e. The van der Waals surface area contributed by atoms with E-state index in [1.807, 2.05) is 60.9 Å². The van der Waals surface area contributed by atoms with Crippen LogP contribution >= 0.6 is 60.9 Å². The largest absolute Gasteiger partial charge is 0.133 e. The molecule has 1 saturated heterocycles. The van der Waals surface area contributed by atoms with E-state index < -0.39 is 0 Å². The molecule has 2 aromatic rings. The van der Waals surface area contributed by atoms with Crippen molar-refractivity contribution in [3.05, 3.63) is 71.8 Å². The lowest BCUT2D eigenvalue weighted by molar-refractivity contribution is 1.09. The Bertz CT molecular complexity index is 466. The van der Waals surface area contributed by atoms with Gasteiger partial charge in [-0.25, -0.2) is 0 Å². The Morgan fingerprint density at radius 2 is 0.947 bits per heavy atom. The fourth-order valence-corrected chi connectivity index (χ4v) is 16.7. The van der Waals surface area contributed by atoms with Crippen molar-refractivity contribution in [2.45, 2.75) is 4.08 Å². The lowest BCUT2D eigenvalue weighted by Crippen LogP contribution is -2.16. The van der Waals surface area contributed by atoms with Crippen LogP contribution in [0.25, 0.3) is 0 Å². The Morgan fingerprint density at radius 1 is 0.526 bits per heavy atom. The molecule has 6 heteroatoms. The summed E-state index contributed by atoms with van der Waals surface area (Å²) in [7, 11) is 11.3. The van der Waals surface area contributed by atoms with E-state index in [2.05, 4.69) is 60.7 Å². The fourth-order valence-electron chi connectivity index (χ4n) is 1.83. The average molecular weight is 359 g/mol. The van der Waals surface area contributed by atoms with Gasteiger partial charge >= 0.3 is 0 Å². The minimum Gasteiger partial charge on any atom is -0.0622 e. The topological polar surface area (TPSA) is 0 Å². The van der Waals surface area contributed by atoms with Crippen LogP contribution in [-0.2, 0) is 4.08 Å². The van der Waals surface area contributed by atoms with Crippen LogP contribution in [0.3, 0.4) is 0 Å². The predicted molar refractivity (Wildman–Crippen MR) is 99.2 cm³/mol. The van der Waals surface area contributed by atoms with E-state index >= 15 is 0 Å². The van der Waals surface area contributed by atoms with Crippen molar-refractivity contribution in [2.75, 3.05) is 0 Å². The summed E-state index contributed by atoms with van der Waals surface area (Å²) < 4.78 is -0.0334. The quantitative estimate of drug-likeness (QED) is 0.533. The monoisotopic (exact) mass is 358 g/mol. The Balaban J connectivity index is 2.09. The van der Waals surface area contributed by atoms with Crippen LogP contribution in [0.2, 0.25) is 0 Å². The zero-order valence-corrected chi connectivity index (χ0v) is 14.6. The zero-order chi connectivity index (χ0) is 13.0. The molecule has 0 aliphatic carbocycles. The second-order valence-electron chi connectivity index (χ2n) is 3.79. The van der Waals surface area contributed by atoms with Gasteiger partial charge in [0.05, 0.1) is 0 Å². The molecule has 0 aromatic heterocycles. The van der Waals surface area contributed by atoms with E-state index in [4.69, 9.17) is 0 Å². The van der Waals surface area contributed by atoms with Crippen molar-refractivity contribution in [1.29, 1.82) is 0 Å². The second kappa shape index (κ2) is 7.00. The van der Waals surface area contributed by atoms with E-state index in [9.17, 15) is 0 Å². The van der Waals surface area contributed by atoms with E-state index in [1.54, 1.807) is 0 Å². The van der Waals surface area contributed by atoms with Crippen LogP contribution in [0.15, 0.2) is 60.7 Å². The maximum atomic E-state index is 2.23. The minimum atomic E-state index is -0.0334. The van der Waals surface area contributed by atoms with E-state index in [0.29, 0.717) is 0 Å². The summed E-state index contributed by atoms with van der Waals surface area (Å²) in [5, 5.41) is 0. The minimum absolute atomic E-state index is 0.0334. The number of hydrogen-bond donors (Lipinski definition) is 0. The standard InChI is InChI=1S/C13H10S6/c1-3-7-11(8-4-1)13(12-9-5-2-6-10-12)14-16-18-19-17-15-13/h1-10H. The highest BCUT2D eigenvalue weighted by Crippen LogP contribution is 2.70. The highest BCUT2D eigenvalue weighted by molar-refractivity contribution is 9.44. The molecule has 1 aliphatic rings. The predicted octanol–water partition coefficient (Wildman–Crippen LogP) is 6.88. The normalized spacial score (nSPS) is 18.7. The van der Waals surface area contributed by atoms with Crippen LogP contribution in [0.4, 0.5) is 0 Å². The molecule has 0 bridgehead atoms. The summed E-state index contributed by atoms with van der Waals surface area (Å²) in [6.07, 6.45) is 0. The maximum Gasteiger partial charge on any atom is 0.133 e. The Hall–Kier alpha value is 0.540. The van der Waals surface area contributed by atoms with Crippen molar-refractivity contribution in [2.24, 2.45) is 0 Å². The molecular weight excluding hydrogens is 349 g/mol. The van der Waals surface area contributed by atoms with Gasteiger partial charge in [-0.1, -0.05) is 82.3 Å². The number of benzene rings is 2. The van der Waals surface area contributed by atoms with Gasteiger partial charge in [0.1, 0.15) is 4.08 Å². The molecule has 0 unspecified atom stereocenters. The molecule has 0 spiro atoms. The average Bonchev–Trinajstić information content (AvgIpc) is 2.76. The summed E-state index contributed by atoms with van der Waals surface area (Å²) in [6.45, 7) is 0. The van der Waals surface area contributed by atoms with E-state index in [0.717, 1.165) is 0 Å². The van der Waals surface area contributed by atoms with Crippen molar-refractivity contribution in [3.8, 4) is 0 Å². The number of rotatable bonds is 2. The van der Waals surface area contributed by atoms with Crippen LogP contribution in [0.5, 0.6) is 0 Å². The van der Waals surface area contributed by atoms with Crippen molar-refractivity contribution in [3.63, 3.8) is 0 Å². The highest BCUT2D eigenvalue weighted by atomic mass is 33.9. The first-order chi connectivity index (χ1) is 9.42. The Kier molecular flexibility index (Phi) is 5.34. The van der Waals surface area contributed by atoms with Gasteiger partial charge in [0.15, 0.2) is 0 Å². The maximum absolute atomic E-state index is 2.23. The third kappa shape index (κ3) is 3.24. The lowest BCUT2D eigenvalue weighted by atomic mass is 10.0. The Labute approximate surface area is 136 Å². The molecule has 0 saturated carbocycles. The fraction of sp³-hybridized carbons (Fsp3) is 0.0769. The summed E-state index contributed by atoms with van der Waals surface area (Å²) in [6, 6.07) is 21.6. The molecule has 0 atom stereocenters. The number of hydrogen-bond acceptors (Lipinski definition) is 6. The molecule has 0 amide bonds.